The molecule has 2 aromatic rings. The molecule has 152 valence electrons. The normalized spacial score (nSPS) is 17.5. The number of carbonyl (C=O) groups excluding carboxylic acids is 2. The number of hydrogen-bond acceptors (Lipinski definition) is 4. The van der Waals surface area contributed by atoms with Gasteiger partial charge in [-0.05, 0) is 50.5 Å². The first kappa shape index (κ1) is 20.5. The van der Waals surface area contributed by atoms with E-state index in [2.05, 4.69) is 11.8 Å². The third kappa shape index (κ3) is 4.81. The van der Waals surface area contributed by atoms with Crippen molar-refractivity contribution >= 4 is 30.6 Å². The second-order valence-electron chi connectivity index (χ2n) is 7.43. The lowest BCUT2D eigenvalue weighted by Crippen LogP contribution is -2.42. The molecule has 0 aliphatic carbocycles. The van der Waals surface area contributed by atoms with Crippen LogP contribution in [0.3, 0.4) is 0 Å². The molecule has 29 heavy (non-hydrogen) atoms. The van der Waals surface area contributed by atoms with Gasteiger partial charge in [-0.2, -0.15) is 5.10 Å². The number of likely N-dealkylation sites (tertiary alicyclic amines) is 1. The van der Waals surface area contributed by atoms with E-state index in [9.17, 15) is 9.59 Å². The SMILES string of the molecule is C=Nn1cccc1/C=C1\CN(C(=O)CCN(C)C)C/C(=C\c2cccn2C)C1=O. The van der Waals surface area contributed by atoms with Crippen LogP contribution in [0.2, 0.25) is 0 Å². The summed E-state index contributed by atoms with van der Waals surface area (Å²) in [7, 11) is 5.81. The van der Waals surface area contributed by atoms with Crippen LogP contribution in [0.15, 0.2) is 52.9 Å². The van der Waals surface area contributed by atoms with Crippen LogP contribution in [-0.2, 0) is 16.6 Å². The molecule has 1 amide bonds. The quantitative estimate of drug-likeness (QED) is 0.558. The first-order valence-electron chi connectivity index (χ1n) is 9.53. The Balaban J connectivity index is 1.95. The Kier molecular flexibility index (Phi) is 6.29. The van der Waals surface area contributed by atoms with Gasteiger partial charge in [0.2, 0.25) is 5.91 Å². The standard InChI is InChI=1S/C22H27N5O2/c1-23-27-11-6-8-20(27)14-18-16-26(21(28)9-12-24(2)3)15-17(22(18)29)13-19-7-5-10-25(19)4/h5-8,10-11,13-14H,1,9,12,15-16H2,2-4H3/b17-13+,18-14+. The molecule has 0 unspecified atom stereocenters. The number of hydrogen-bond donors (Lipinski definition) is 0. The summed E-state index contributed by atoms with van der Waals surface area (Å²) in [5.41, 5.74) is 2.85. The lowest BCUT2D eigenvalue weighted by atomic mass is 9.95. The highest BCUT2D eigenvalue weighted by Gasteiger charge is 2.29. The molecule has 1 aliphatic rings. The molecule has 1 aliphatic heterocycles. The Labute approximate surface area is 171 Å². The van der Waals surface area contributed by atoms with Crippen LogP contribution in [0.1, 0.15) is 17.8 Å². The number of Topliss-reactive ketones (excluding diaryl/α,β-unsaturated/α-hetero) is 1. The van der Waals surface area contributed by atoms with Gasteiger partial charge in [0.05, 0.1) is 5.69 Å². The fourth-order valence-corrected chi connectivity index (χ4v) is 3.30. The Bertz CT molecular complexity index is 977. The van der Waals surface area contributed by atoms with E-state index >= 15 is 0 Å². The molecular formula is C22H27N5O2. The number of amides is 1. The van der Waals surface area contributed by atoms with Crippen LogP contribution in [0, 0.1) is 0 Å². The Hall–Kier alpha value is -3.19. The zero-order valence-corrected chi connectivity index (χ0v) is 17.2. The van der Waals surface area contributed by atoms with Crippen molar-refractivity contribution in [1.82, 2.24) is 19.0 Å². The largest absolute Gasteiger partial charge is 0.351 e. The lowest BCUT2D eigenvalue weighted by molar-refractivity contribution is -0.131. The highest BCUT2D eigenvalue weighted by atomic mass is 16.2. The van der Waals surface area contributed by atoms with Gasteiger partial charge in [0.1, 0.15) is 0 Å². The average Bonchev–Trinajstić information content (AvgIpc) is 3.31. The Morgan fingerprint density at radius 1 is 1.14 bits per heavy atom. The third-order valence-corrected chi connectivity index (χ3v) is 4.97. The summed E-state index contributed by atoms with van der Waals surface area (Å²) in [4.78, 5) is 29.7. The van der Waals surface area contributed by atoms with Crippen molar-refractivity contribution in [2.75, 3.05) is 33.7 Å². The summed E-state index contributed by atoms with van der Waals surface area (Å²) >= 11 is 0. The van der Waals surface area contributed by atoms with Gasteiger partial charge >= 0.3 is 0 Å². The Morgan fingerprint density at radius 3 is 2.34 bits per heavy atom. The van der Waals surface area contributed by atoms with Crippen LogP contribution in [-0.4, -0.2) is 71.2 Å². The topological polar surface area (TPSA) is 62.8 Å². The number of aromatic nitrogens is 2. The molecule has 1 fully saturated rings. The van der Waals surface area contributed by atoms with Gasteiger partial charge in [-0.15, -0.1) is 0 Å². The average molecular weight is 393 g/mol. The number of ketones is 1. The first-order valence-corrected chi connectivity index (χ1v) is 9.53. The molecule has 0 atom stereocenters. The van der Waals surface area contributed by atoms with Crippen molar-refractivity contribution in [2.45, 2.75) is 6.42 Å². The van der Waals surface area contributed by atoms with Gasteiger partial charge < -0.3 is 14.4 Å². The van der Waals surface area contributed by atoms with Crippen LogP contribution in [0.5, 0.6) is 0 Å². The molecule has 0 spiro atoms. The first-order chi connectivity index (χ1) is 13.9. The van der Waals surface area contributed by atoms with Crippen LogP contribution in [0.4, 0.5) is 0 Å². The zero-order chi connectivity index (χ0) is 21.0. The third-order valence-electron chi connectivity index (χ3n) is 4.97. The van der Waals surface area contributed by atoms with E-state index in [1.165, 1.54) is 0 Å². The zero-order valence-electron chi connectivity index (χ0n) is 17.2. The highest BCUT2D eigenvalue weighted by molar-refractivity contribution is 6.15. The number of carbonyl (C=O) groups is 2. The van der Waals surface area contributed by atoms with Gasteiger partial charge in [0, 0.05) is 69.1 Å². The van der Waals surface area contributed by atoms with E-state index in [1.807, 2.05) is 67.1 Å². The molecular weight excluding hydrogens is 366 g/mol. The Morgan fingerprint density at radius 2 is 1.76 bits per heavy atom. The van der Waals surface area contributed by atoms with Gasteiger partial charge in [-0.1, -0.05) is 0 Å². The maximum absolute atomic E-state index is 13.2. The van der Waals surface area contributed by atoms with Crippen LogP contribution >= 0.6 is 0 Å². The number of aryl methyl sites for hydroxylation is 1. The van der Waals surface area contributed by atoms with Gasteiger partial charge in [0.15, 0.2) is 5.78 Å². The molecule has 0 N–H and O–H groups in total. The molecule has 3 rings (SSSR count). The van der Waals surface area contributed by atoms with Crippen molar-refractivity contribution < 1.29 is 9.59 Å². The van der Waals surface area contributed by atoms with Crippen LogP contribution < -0.4 is 0 Å². The van der Waals surface area contributed by atoms with Crippen molar-refractivity contribution in [3.63, 3.8) is 0 Å². The number of rotatable bonds is 6. The maximum Gasteiger partial charge on any atom is 0.224 e. The summed E-state index contributed by atoms with van der Waals surface area (Å²) in [5, 5.41) is 3.92. The van der Waals surface area contributed by atoms with E-state index in [0.717, 1.165) is 11.4 Å². The van der Waals surface area contributed by atoms with E-state index in [4.69, 9.17) is 0 Å². The summed E-state index contributed by atoms with van der Waals surface area (Å²) in [6, 6.07) is 7.58. The summed E-state index contributed by atoms with van der Waals surface area (Å²) < 4.78 is 3.55. The molecule has 0 aromatic carbocycles. The molecule has 1 saturated heterocycles. The smallest absolute Gasteiger partial charge is 0.224 e. The predicted molar refractivity (Wildman–Crippen MR) is 116 cm³/mol. The second-order valence-corrected chi connectivity index (χ2v) is 7.43. The minimum Gasteiger partial charge on any atom is -0.351 e. The maximum atomic E-state index is 13.2. The van der Waals surface area contributed by atoms with Crippen molar-refractivity contribution in [1.29, 1.82) is 0 Å². The van der Waals surface area contributed by atoms with Gasteiger partial charge in [-0.25, -0.2) is 4.68 Å². The van der Waals surface area contributed by atoms with E-state index in [-0.39, 0.29) is 18.2 Å². The molecule has 7 nitrogen and oxygen atoms in total. The van der Waals surface area contributed by atoms with E-state index in [0.29, 0.717) is 30.7 Å². The minimum atomic E-state index is -0.0420. The number of piperidine rings is 1. The minimum absolute atomic E-state index is 0.0344. The molecule has 2 aromatic heterocycles. The molecule has 0 radical (unpaired) electrons. The summed E-state index contributed by atoms with van der Waals surface area (Å²) in [6.45, 7) is 4.82. The highest BCUT2D eigenvalue weighted by Crippen LogP contribution is 2.23. The van der Waals surface area contributed by atoms with Crippen molar-refractivity contribution in [2.24, 2.45) is 12.1 Å². The number of nitrogens with zero attached hydrogens (tertiary/aromatic N) is 5. The van der Waals surface area contributed by atoms with E-state index < -0.39 is 0 Å². The predicted octanol–water partition coefficient (Wildman–Crippen LogP) is 2.12. The lowest BCUT2D eigenvalue weighted by Gasteiger charge is -2.30. The van der Waals surface area contributed by atoms with Gasteiger partial charge in [-0.3, -0.25) is 9.59 Å². The van der Waals surface area contributed by atoms with Crippen molar-refractivity contribution in [3.05, 3.63) is 59.2 Å². The molecule has 3 heterocycles. The molecule has 0 bridgehead atoms. The monoisotopic (exact) mass is 393 g/mol. The fraction of sp³-hybridized carbons (Fsp3) is 0.318. The van der Waals surface area contributed by atoms with Crippen molar-refractivity contribution in [3.8, 4) is 0 Å². The van der Waals surface area contributed by atoms with Crippen LogP contribution in [0.25, 0.3) is 12.2 Å². The molecule has 7 heteroatoms. The molecule has 0 saturated carbocycles. The second kappa shape index (κ2) is 8.87. The summed E-state index contributed by atoms with van der Waals surface area (Å²) in [6.07, 6.45) is 7.77. The van der Waals surface area contributed by atoms with E-state index in [1.54, 1.807) is 21.8 Å². The summed E-state index contributed by atoms with van der Waals surface area (Å²) in [5.74, 6) is -0.00761. The van der Waals surface area contributed by atoms with Gasteiger partial charge in [0.25, 0.3) is 0 Å². The fourth-order valence-electron chi connectivity index (χ4n) is 3.30.